The molecule has 0 aliphatic heterocycles. The van der Waals surface area contributed by atoms with Crippen LogP contribution in [0.4, 0.5) is 32.2 Å². The summed E-state index contributed by atoms with van der Waals surface area (Å²) >= 11 is 0. The number of H-pyrrole nitrogens is 1. The summed E-state index contributed by atoms with van der Waals surface area (Å²) < 4.78 is 78.9. The normalized spacial score (nSPS) is 12.0. The fourth-order valence-electron chi connectivity index (χ4n) is 2.99. The second-order valence-corrected chi connectivity index (χ2v) is 7.20. The lowest BCUT2D eigenvalue weighted by molar-refractivity contribution is -0.141. The van der Waals surface area contributed by atoms with Gasteiger partial charge in [-0.25, -0.2) is 18.2 Å². The first-order chi connectivity index (χ1) is 16.1. The molecule has 12 heteroatoms. The number of aromatic nitrogens is 2. The maximum absolute atomic E-state index is 13.6. The lowest BCUT2D eigenvalue weighted by Crippen LogP contribution is -2.36. The smallest absolute Gasteiger partial charge is 0.309 e. The largest absolute Gasteiger partial charge is 0.432 e. The minimum absolute atomic E-state index is 0.0629. The summed E-state index contributed by atoms with van der Waals surface area (Å²) in [5.74, 6) is -4.34. The minimum Gasteiger partial charge on any atom is -0.309 e. The molecule has 0 aliphatic carbocycles. The predicted molar refractivity (Wildman–Crippen MR) is 113 cm³/mol. The van der Waals surface area contributed by atoms with E-state index in [4.69, 9.17) is 0 Å². The van der Waals surface area contributed by atoms with Crippen LogP contribution < -0.4 is 10.6 Å². The van der Waals surface area contributed by atoms with E-state index >= 15 is 0 Å². The van der Waals surface area contributed by atoms with Gasteiger partial charge in [-0.3, -0.25) is 15.2 Å². The van der Waals surface area contributed by atoms with Crippen LogP contribution in [0.5, 0.6) is 0 Å². The van der Waals surface area contributed by atoms with Gasteiger partial charge in [-0.1, -0.05) is 19.4 Å². The standard InChI is InChI=1S/C22H19F6N5O/c1-2-3-12-8-15(23)6-4-14(12)11-29-21(30-19-10-18(32-33-19)22(26,27)28)31-20(34)13-5-7-16(24)17(25)9-13/h4-10H,2-3,11H2,1H3,(H3,29,30,31,32,33,34). The average molecular weight is 483 g/mol. The minimum atomic E-state index is -4.68. The number of alkyl halides is 3. The molecule has 0 spiro atoms. The van der Waals surface area contributed by atoms with Gasteiger partial charge in [0.05, 0.1) is 6.54 Å². The fourth-order valence-corrected chi connectivity index (χ4v) is 2.99. The molecule has 180 valence electrons. The number of hydrogen-bond donors (Lipinski definition) is 3. The molecule has 0 aliphatic rings. The number of carbonyl (C=O) groups excluding carboxylic acids is 1. The van der Waals surface area contributed by atoms with Gasteiger partial charge in [0.25, 0.3) is 5.91 Å². The molecule has 1 heterocycles. The van der Waals surface area contributed by atoms with Crippen LogP contribution in [0, 0.1) is 17.5 Å². The molecule has 0 unspecified atom stereocenters. The molecule has 34 heavy (non-hydrogen) atoms. The van der Waals surface area contributed by atoms with E-state index in [1.54, 1.807) is 0 Å². The van der Waals surface area contributed by atoms with Gasteiger partial charge in [0.2, 0.25) is 5.96 Å². The van der Waals surface area contributed by atoms with Crippen LogP contribution in [0.15, 0.2) is 47.5 Å². The quantitative estimate of drug-likeness (QED) is 0.256. The van der Waals surface area contributed by atoms with Crippen LogP contribution in [-0.2, 0) is 19.1 Å². The van der Waals surface area contributed by atoms with Gasteiger partial charge in [0.1, 0.15) is 11.5 Å². The number of anilines is 1. The first-order valence-electron chi connectivity index (χ1n) is 10.0. The van der Waals surface area contributed by atoms with Gasteiger partial charge in [0, 0.05) is 11.6 Å². The van der Waals surface area contributed by atoms with Crippen molar-refractivity contribution in [3.8, 4) is 0 Å². The summed E-state index contributed by atoms with van der Waals surface area (Å²) in [6.45, 7) is 1.84. The average Bonchev–Trinajstić information content (AvgIpc) is 3.24. The molecular formula is C22H19F6N5O. The Morgan fingerprint density at radius 2 is 1.79 bits per heavy atom. The Hall–Kier alpha value is -3.83. The molecule has 0 saturated carbocycles. The highest BCUT2D eigenvalue weighted by molar-refractivity contribution is 6.09. The number of guanidine groups is 1. The van der Waals surface area contributed by atoms with E-state index in [0.717, 1.165) is 18.6 Å². The summed E-state index contributed by atoms with van der Waals surface area (Å²) in [7, 11) is 0. The maximum Gasteiger partial charge on any atom is 0.432 e. The number of nitrogens with one attached hydrogen (secondary N) is 3. The van der Waals surface area contributed by atoms with Crippen molar-refractivity contribution in [2.75, 3.05) is 5.32 Å². The van der Waals surface area contributed by atoms with Gasteiger partial charge in [-0.2, -0.15) is 18.3 Å². The summed E-state index contributed by atoms with van der Waals surface area (Å²) in [5, 5.41) is 10.1. The van der Waals surface area contributed by atoms with Gasteiger partial charge in [-0.15, -0.1) is 0 Å². The number of benzene rings is 2. The van der Waals surface area contributed by atoms with Crippen molar-refractivity contribution >= 4 is 17.7 Å². The first kappa shape index (κ1) is 24.8. The highest BCUT2D eigenvalue weighted by atomic mass is 19.4. The molecule has 0 fully saturated rings. The zero-order valence-corrected chi connectivity index (χ0v) is 17.7. The van der Waals surface area contributed by atoms with Crippen molar-refractivity contribution in [1.29, 1.82) is 0 Å². The second kappa shape index (κ2) is 10.4. The Bertz CT molecular complexity index is 1200. The molecule has 0 atom stereocenters. The number of aryl methyl sites for hydroxylation is 1. The molecule has 3 aromatic rings. The Balaban J connectivity index is 1.88. The Kier molecular flexibility index (Phi) is 7.59. The van der Waals surface area contributed by atoms with Crippen LogP contribution in [0.2, 0.25) is 0 Å². The third-order valence-electron chi connectivity index (χ3n) is 4.64. The van der Waals surface area contributed by atoms with Crippen LogP contribution in [-0.4, -0.2) is 22.1 Å². The Labute approximate surface area is 190 Å². The molecular weight excluding hydrogens is 464 g/mol. The number of nitrogens with zero attached hydrogens (tertiary/aromatic N) is 2. The highest BCUT2D eigenvalue weighted by Gasteiger charge is 2.33. The third kappa shape index (κ3) is 6.36. The highest BCUT2D eigenvalue weighted by Crippen LogP contribution is 2.28. The molecule has 1 aromatic heterocycles. The molecule has 0 bridgehead atoms. The van der Waals surface area contributed by atoms with Crippen molar-refractivity contribution in [3.05, 3.63) is 82.3 Å². The number of aliphatic imine (C=N–C) groups is 1. The van der Waals surface area contributed by atoms with Gasteiger partial charge in [-0.05, 0) is 47.9 Å². The van der Waals surface area contributed by atoms with E-state index in [1.165, 1.54) is 18.2 Å². The monoisotopic (exact) mass is 483 g/mol. The van der Waals surface area contributed by atoms with E-state index in [-0.39, 0.29) is 23.9 Å². The van der Waals surface area contributed by atoms with E-state index in [2.05, 4.69) is 20.7 Å². The van der Waals surface area contributed by atoms with Crippen LogP contribution in [0.1, 0.15) is 40.5 Å². The van der Waals surface area contributed by atoms with Crippen molar-refractivity contribution in [2.24, 2.45) is 4.99 Å². The lowest BCUT2D eigenvalue weighted by Gasteiger charge is -2.12. The van der Waals surface area contributed by atoms with Crippen LogP contribution >= 0.6 is 0 Å². The number of carbonyl (C=O) groups is 1. The lowest BCUT2D eigenvalue weighted by atomic mass is 10.0. The zero-order chi connectivity index (χ0) is 24.9. The number of rotatable bonds is 6. The fraction of sp³-hybridized carbons (Fsp3) is 0.227. The van der Waals surface area contributed by atoms with Gasteiger partial charge >= 0.3 is 6.18 Å². The van der Waals surface area contributed by atoms with E-state index in [0.29, 0.717) is 29.7 Å². The Morgan fingerprint density at radius 3 is 2.44 bits per heavy atom. The van der Waals surface area contributed by atoms with Crippen molar-refractivity contribution < 1.29 is 31.1 Å². The number of amides is 1. The SMILES string of the molecule is CCCc1cc(F)ccc1CN=C(NC(=O)c1ccc(F)c(F)c1)Nc1cc(C(F)(F)F)[nH]n1. The molecule has 3 N–H and O–H groups in total. The van der Waals surface area contributed by atoms with E-state index < -0.39 is 35.2 Å². The molecule has 0 saturated heterocycles. The first-order valence-corrected chi connectivity index (χ1v) is 10.0. The summed E-state index contributed by atoms with van der Waals surface area (Å²) in [4.78, 5) is 16.7. The zero-order valence-electron chi connectivity index (χ0n) is 17.7. The van der Waals surface area contributed by atoms with Crippen LogP contribution in [0.3, 0.4) is 0 Å². The number of hydrogen-bond acceptors (Lipinski definition) is 3. The molecule has 1 amide bonds. The summed E-state index contributed by atoms with van der Waals surface area (Å²) in [6, 6.07) is 7.21. The van der Waals surface area contributed by atoms with Crippen molar-refractivity contribution in [3.63, 3.8) is 0 Å². The Morgan fingerprint density at radius 1 is 1.03 bits per heavy atom. The van der Waals surface area contributed by atoms with Crippen LogP contribution in [0.25, 0.3) is 0 Å². The molecule has 0 radical (unpaired) electrons. The molecule has 3 rings (SSSR count). The second-order valence-electron chi connectivity index (χ2n) is 7.20. The molecule has 2 aromatic carbocycles. The van der Waals surface area contributed by atoms with Crippen molar-refractivity contribution in [1.82, 2.24) is 15.5 Å². The van der Waals surface area contributed by atoms with Gasteiger partial charge in [0.15, 0.2) is 17.5 Å². The number of aromatic amines is 1. The van der Waals surface area contributed by atoms with Crippen molar-refractivity contribution in [2.45, 2.75) is 32.5 Å². The summed E-state index contributed by atoms with van der Waals surface area (Å²) in [5.41, 5.74) is -0.0794. The predicted octanol–water partition coefficient (Wildman–Crippen LogP) is 5.20. The topological polar surface area (TPSA) is 82.2 Å². The molecule has 6 nitrogen and oxygen atoms in total. The van der Waals surface area contributed by atoms with E-state index in [1.807, 2.05) is 12.0 Å². The summed E-state index contributed by atoms with van der Waals surface area (Å²) in [6.07, 6.45) is -3.39. The van der Waals surface area contributed by atoms with Gasteiger partial charge < -0.3 is 5.32 Å². The number of halogens is 6. The third-order valence-corrected chi connectivity index (χ3v) is 4.64. The maximum atomic E-state index is 13.6. The van der Waals surface area contributed by atoms with E-state index in [9.17, 15) is 31.1 Å².